The van der Waals surface area contributed by atoms with E-state index in [4.69, 9.17) is 9.47 Å². The monoisotopic (exact) mass is 456 g/mol. The Labute approximate surface area is 198 Å². The van der Waals surface area contributed by atoms with Crippen molar-refractivity contribution in [1.29, 1.82) is 0 Å². The van der Waals surface area contributed by atoms with E-state index in [-0.39, 0.29) is 24.1 Å². The first kappa shape index (κ1) is 27.0. The quantitative estimate of drug-likeness (QED) is 0.291. The van der Waals surface area contributed by atoms with E-state index in [2.05, 4.69) is 19.9 Å². The van der Waals surface area contributed by atoms with E-state index >= 15 is 0 Å². The Hall–Kier alpha value is -2.21. The van der Waals surface area contributed by atoms with Gasteiger partial charge in [-0.15, -0.1) is 0 Å². The van der Waals surface area contributed by atoms with E-state index in [1.807, 2.05) is 63.3 Å². The van der Waals surface area contributed by atoms with E-state index in [1.54, 1.807) is 6.08 Å². The van der Waals surface area contributed by atoms with E-state index in [9.17, 15) is 15.0 Å². The fourth-order valence-electron chi connectivity index (χ4n) is 4.19. The fraction of sp³-hybridized carbons (Fsp3) is 0.536. The molecule has 0 aromatic heterocycles. The van der Waals surface area contributed by atoms with Crippen LogP contribution in [0.25, 0.3) is 0 Å². The van der Waals surface area contributed by atoms with Gasteiger partial charge in [-0.25, -0.2) is 4.79 Å². The number of aliphatic hydroxyl groups excluding tert-OH is 2. The molecule has 0 aromatic carbocycles. The first-order chi connectivity index (χ1) is 15.7. The Morgan fingerprint density at radius 1 is 1.30 bits per heavy atom. The van der Waals surface area contributed by atoms with Gasteiger partial charge in [0.15, 0.2) is 0 Å². The molecule has 0 unspecified atom stereocenters. The summed E-state index contributed by atoms with van der Waals surface area (Å²) in [5.41, 5.74) is 2.33. The Bertz CT molecular complexity index is 816. The molecule has 1 saturated heterocycles. The lowest BCUT2D eigenvalue weighted by Gasteiger charge is -2.38. The van der Waals surface area contributed by atoms with Gasteiger partial charge < -0.3 is 19.7 Å². The van der Waals surface area contributed by atoms with Crippen molar-refractivity contribution in [2.24, 2.45) is 11.8 Å². The number of esters is 1. The first-order valence-corrected chi connectivity index (χ1v) is 11.9. The summed E-state index contributed by atoms with van der Waals surface area (Å²) in [4.78, 5) is 11.3. The molecule has 0 bridgehead atoms. The summed E-state index contributed by atoms with van der Waals surface area (Å²) >= 11 is 0. The highest BCUT2D eigenvalue weighted by Crippen LogP contribution is 2.28. The molecule has 0 saturated carbocycles. The highest BCUT2D eigenvalue weighted by Gasteiger charge is 2.35. The summed E-state index contributed by atoms with van der Waals surface area (Å²) in [6, 6.07) is 0. The third-order valence-electron chi connectivity index (χ3n) is 6.04. The van der Waals surface area contributed by atoms with E-state index in [0.717, 1.165) is 12.0 Å². The summed E-state index contributed by atoms with van der Waals surface area (Å²) in [6.45, 7) is 10.2. The molecular formula is C28H40O5. The average molecular weight is 457 g/mol. The van der Waals surface area contributed by atoms with E-state index in [1.165, 1.54) is 11.6 Å². The topological polar surface area (TPSA) is 76.0 Å². The van der Waals surface area contributed by atoms with Gasteiger partial charge in [0.1, 0.15) is 6.10 Å². The second-order valence-corrected chi connectivity index (χ2v) is 9.28. The largest absolute Gasteiger partial charge is 0.455 e. The minimum atomic E-state index is -0.766. The van der Waals surface area contributed by atoms with Crippen LogP contribution >= 0.6 is 0 Å². The second kappa shape index (κ2) is 13.5. The number of hydrogen-bond donors (Lipinski definition) is 2. The maximum Gasteiger partial charge on any atom is 0.331 e. The van der Waals surface area contributed by atoms with Crippen molar-refractivity contribution in [3.8, 4) is 0 Å². The number of rotatable bonds is 9. The van der Waals surface area contributed by atoms with Crippen LogP contribution in [0.3, 0.4) is 0 Å². The molecule has 1 fully saturated rings. The van der Waals surface area contributed by atoms with Gasteiger partial charge >= 0.3 is 5.97 Å². The molecule has 5 nitrogen and oxygen atoms in total. The van der Waals surface area contributed by atoms with Gasteiger partial charge in [-0.3, -0.25) is 0 Å². The molecule has 0 aliphatic carbocycles. The number of carbonyl (C=O) groups excluding carboxylic acids is 1. The first-order valence-electron chi connectivity index (χ1n) is 11.9. The number of carbonyl (C=O) groups is 1. The maximum absolute atomic E-state index is 11.3. The van der Waals surface area contributed by atoms with Crippen molar-refractivity contribution in [2.75, 3.05) is 0 Å². The lowest BCUT2D eigenvalue weighted by Crippen LogP contribution is -2.46. The third kappa shape index (κ3) is 9.28. The van der Waals surface area contributed by atoms with Crippen LogP contribution in [0, 0.1) is 11.8 Å². The molecule has 0 spiro atoms. The zero-order valence-corrected chi connectivity index (χ0v) is 20.6. The van der Waals surface area contributed by atoms with Crippen molar-refractivity contribution in [2.45, 2.75) is 84.4 Å². The van der Waals surface area contributed by atoms with Gasteiger partial charge in [0.05, 0.1) is 24.4 Å². The van der Waals surface area contributed by atoms with Crippen LogP contribution in [0.15, 0.2) is 71.9 Å². The number of ether oxygens (including phenoxy) is 2. The molecule has 2 heterocycles. The average Bonchev–Trinajstić information content (AvgIpc) is 2.75. The number of allylic oxidation sites excluding steroid dienone is 7. The summed E-state index contributed by atoms with van der Waals surface area (Å²) in [6.07, 6.45) is 18.9. The standard InChI is InChI=1S/C28H40O5/c1-6-9-26-22(5)25(30)18-27(33-26)24(29)12-7-10-19(2)16-21(4)17-20(3)14-15-23-11-8-13-28(31)32-23/h6-10,12-15,17,21-27,29-30H,11,16,18H2,1-5H3/b9-6+,12-7+,15-14+,19-10+,20-17-/t21-,22+,23+,24-,25-,26+,27+/m0/s1. The zero-order valence-electron chi connectivity index (χ0n) is 20.6. The molecule has 0 aromatic rings. The SMILES string of the molecule is C/C=C/[C@H]1O[C@@H]([C@@H](O)/C=C/C=C(\C)C[C@H](C)/C=C(C)\C=C\[C@H]2CC=CC(=O)O2)C[C@H](O)[C@H]1C. The molecule has 5 heteroatoms. The predicted octanol–water partition coefficient (Wildman–Crippen LogP) is 4.98. The maximum atomic E-state index is 11.3. The van der Waals surface area contributed by atoms with Crippen LogP contribution in [-0.2, 0) is 14.3 Å². The molecular weight excluding hydrogens is 416 g/mol. The Kier molecular flexibility index (Phi) is 11.0. The Balaban J connectivity index is 1.85. The molecule has 182 valence electrons. The van der Waals surface area contributed by atoms with Crippen LogP contribution in [0.2, 0.25) is 0 Å². The van der Waals surface area contributed by atoms with Crippen molar-refractivity contribution in [1.82, 2.24) is 0 Å². The molecule has 2 aliphatic rings. The van der Waals surface area contributed by atoms with Gasteiger partial charge in [0, 0.05) is 24.8 Å². The van der Waals surface area contributed by atoms with Crippen molar-refractivity contribution in [3.63, 3.8) is 0 Å². The highest BCUT2D eigenvalue weighted by atomic mass is 16.5. The summed E-state index contributed by atoms with van der Waals surface area (Å²) in [5.74, 6) is 0.0688. The Morgan fingerprint density at radius 3 is 2.76 bits per heavy atom. The molecule has 2 aliphatic heterocycles. The van der Waals surface area contributed by atoms with Crippen molar-refractivity contribution >= 4 is 5.97 Å². The van der Waals surface area contributed by atoms with Crippen molar-refractivity contribution < 1.29 is 24.5 Å². The van der Waals surface area contributed by atoms with Gasteiger partial charge in [-0.05, 0) is 39.2 Å². The number of hydrogen-bond acceptors (Lipinski definition) is 5. The molecule has 0 radical (unpaired) electrons. The summed E-state index contributed by atoms with van der Waals surface area (Å²) in [7, 11) is 0. The Morgan fingerprint density at radius 2 is 2.06 bits per heavy atom. The van der Waals surface area contributed by atoms with Gasteiger partial charge in [-0.2, -0.15) is 0 Å². The predicted molar refractivity (Wildman–Crippen MR) is 132 cm³/mol. The summed E-state index contributed by atoms with van der Waals surface area (Å²) < 4.78 is 11.2. The third-order valence-corrected chi connectivity index (χ3v) is 6.04. The van der Waals surface area contributed by atoms with E-state index < -0.39 is 18.3 Å². The van der Waals surface area contributed by atoms with Crippen LogP contribution in [0.1, 0.15) is 53.9 Å². The van der Waals surface area contributed by atoms with Crippen LogP contribution in [0.5, 0.6) is 0 Å². The molecule has 33 heavy (non-hydrogen) atoms. The van der Waals surface area contributed by atoms with Crippen molar-refractivity contribution in [3.05, 3.63) is 71.9 Å². The van der Waals surface area contributed by atoms with Gasteiger partial charge in [-0.1, -0.05) is 73.6 Å². The lowest BCUT2D eigenvalue weighted by atomic mass is 9.88. The summed E-state index contributed by atoms with van der Waals surface area (Å²) in [5, 5.41) is 20.8. The molecule has 2 rings (SSSR count). The molecule has 7 atom stereocenters. The van der Waals surface area contributed by atoms with Crippen LogP contribution < -0.4 is 0 Å². The molecule has 2 N–H and O–H groups in total. The fourth-order valence-corrected chi connectivity index (χ4v) is 4.19. The minimum Gasteiger partial charge on any atom is -0.455 e. The number of cyclic esters (lactones) is 1. The molecule has 0 amide bonds. The zero-order chi connectivity index (χ0) is 24.4. The normalized spacial score (nSPS) is 31.5. The van der Waals surface area contributed by atoms with Crippen LogP contribution in [0.4, 0.5) is 0 Å². The van der Waals surface area contributed by atoms with E-state index in [0.29, 0.717) is 18.8 Å². The number of aliphatic hydroxyl groups is 2. The second-order valence-electron chi connectivity index (χ2n) is 9.28. The minimum absolute atomic E-state index is 0.0122. The lowest BCUT2D eigenvalue weighted by molar-refractivity contribution is -0.141. The van der Waals surface area contributed by atoms with Crippen LogP contribution in [-0.4, -0.2) is 46.7 Å². The highest BCUT2D eigenvalue weighted by molar-refractivity contribution is 5.82. The van der Waals surface area contributed by atoms with Gasteiger partial charge in [0.2, 0.25) is 0 Å². The smallest absolute Gasteiger partial charge is 0.331 e. The van der Waals surface area contributed by atoms with Gasteiger partial charge in [0.25, 0.3) is 0 Å².